The van der Waals surface area contributed by atoms with Gasteiger partial charge in [0, 0.05) is 19.2 Å². The summed E-state index contributed by atoms with van der Waals surface area (Å²) in [5.41, 5.74) is 0.814. The maximum Gasteiger partial charge on any atom is 0.305 e. The van der Waals surface area contributed by atoms with Crippen molar-refractivity contribution in [3.8, 4) is 0 Å². The van der Waals surface area contributed by atoms with Gasteiger partial charge in [0.15, 0.2) is 16.6 Å². The van der Waals surface area contributed by atoms with Crippen LogP contribution in [0.15, 0.2) is 24.4 Å². The summed E-state index contributed by atoms with van der Waals surface area (Å²) in [5.74, 6) is 0.651. The van der Waals surface area contributed by atoms with Crippen LogP contribution in [0.3, 0.4) is 0 Å². The Morgan fingerprint density at radius 3 is 2.96 bits per heavy atom. The highest BCUT2D eigenvalue weighted by Crippen LogP contribution is 2.02. The van der Waals surface area contributed by atoms with E-state index < -0.39 is 0 Å². The van der Waals surface area contributed by atoms with E-state index in [1.165, 1.54) is 7.11 Å². The maximum atomic E-state index is 11.0. The van der Waals surface area contributed by atoms with Gasteiger partial charge >= 0.3 is 5.97 Å². The number of thiocarbonyl (C=S) groups is 1. The fourth-order valence-corrected chi connectivity index (χ4v) is 2.28. The number of unbranched alkanes of at least 4 members (excludes halogenated alkanes) is 2. The van der Waals surface area contributed by atoms with Crippen LogP contribution in [0, 0.1) is 0 Å². The molecule has 0 atom stereocenters. The molecule has 2 N–H and O–H groups in total. The zero-order valence-corrected chi connectivity index (χ0v) is 13.9. The number of rotatable bonds is 8. The summed E-state index contributed by atoms with van der Waals surface area (Å²) in [4.78, 5) is 11.0. The topological polar surface area (TPSA) is 80.5 Å². The van der Waals surface area contributed by atoms with Crippen molar-refractivity contribution in [1.29, 1.82) is 0 Å². The van der Waals surface area contributed by atoms with Gasteiger partial charge in [-0.05, 0) is 37.2 Å². The second-order valence-electron chi connectivity index (χ2n) is 5.04. The van der Waals surface area contributed by atoms with Gasteiger partial charge in [-0.15, -0.1) is 10.2 Å². The average molecular weight is 335 g/mol. The molecule has 0 bridgehead atoms. The van der Waals surface area contributed by atoms with E-state index in [2.05, 4.69) is 25.6 Å². The van der Waals surface area contributed by atoms with Crippen molar-refractivity contribution in [2.45, 2.75) is 32.2 Å². The number of nitrogens with one attached hydrogen (secondary N) is 2. The van der Waals surface area contributed by atoms with E-state index in [0.29, 0.717) is 18.1 Å². The molecular formula is C15H21N5O2S. The highest BCUT2D eigenvalue weighted by molar-refractivity contribution is 7.80. The molecular weight excluding hydrogens is 314 g/mol. The van der Waals surface area contributed by atoms with Gasteiger partial charge in [0.05, 0.1) is 13.7 Å². The highest BCUT2D eigenvalue weighted by atomic mass is 32.1. The third-order valence-electron chi connectivity index (χ3n) is 3.36. The summed E-state index contributed by atoms with van der Waals surface area (Å²) in [5, 5.41) is 15.1. The molecule has 0 unspecified atom stereocenters. The lowest BCUT2D eigenvalue weighted by Crippen LogP contribution is -2.35. The van der Waals surface area contributed by atoms with Gasteiger partial charge in [0.2, 0.25) is 0 Å². The molecule has 2 rings (SSSR count). The first kappa shape index (κ1) is 17.1. The predicted molar refractivity (Wildman–Crippen MR) is 90.9 cm³/mol. The van der Waals surface area contributed by atoms with Crippen LogP contribution < -0.4 is 10.6 Å². The molecule has 0 radical (unpaired) electrons. The molecule has 0 spiro atoms. The minimum Gasteiger partial charge on any atom is -0.469 e. The molecule has 0 fully saturated rings. The van der Waals surface area contributed by atoms with Crippen molar-refractivity contribution >= 4 is 28.9 Å². The Kier molecular flexibility index (Phi) is 6.74. The number of carbonyl (C=O) groups excluding carboxylic acids is 1. The van der Waals surface area contributed by atoms with E-state index in [4.69, 9.17) is 12.2 Å². The third kappa shape index (κ3) is 5.48. The molecule has 2 aromatic rings. The summed E-state index contributed by atoms with van der Waals surface area (Å²) in [7, 11) is 1.41. The maximum absolute atomic E-state index is 11.0. The van der Waals surface area contributed by atoms with Crippen LogP contribution in [0.5, 0.6) is 0 Å². The van der Waals surface area contributed by atoms with Crippen LogP contribution in [0.4, 0.5) is 0 Å². The van der Waals surface area contributed by atoms with Crippen molar-refractivity contribution in [2.75, 3.05) is 13.7 Å². The number of esters is 1. The van der Waals surface area contributed by atoms with Crippen molar-refractivity contribution in [1.82, 2.24) is 25.2 Å². The molecule has 23 heavy (non-hydrogen) atoms. The first-order valence-electron chi connectivity index (χ1n) is 7.58. The fourth-order valence-electron chi connectivity index (χ4n) is 2.11. The molecule has 2 heterocycles. The van der Waals surface area contributed by atoms with Gasteiger partial charge in [-0.3, -0.25) is 9.20 Å². The summed E-state index contributed by atoms with van der Waals surface area (Å²) in [6, 6.07) is 5.76. The quantitative estimate of drug-likeness (QED) is 0.429. The Labute approximate surface area is 140 Å². The van der Waals surface area contributed by atoms with Gasteiger partial charge in [-0.2, -0.15) is 0 Å². The van der Waals surface area contributed by atoms with Gasteiger partial charge < -0.3 is 15.4 Å². The molecule has 0 aliphatic carbocycles. The van der Waals surface area contributed by atoms with Crippen LogP contribution in [0.1, 0.15) is 31.5 Å². The first-order chi connectivity index (χ1) is 11.2. The van der Waals surface area contributed by atoms with E-state index in [0.717, 1.165) is 37.3 Å². The molecule has 0 amide bonds. The minimum absolute atomic E-state index is 0.157. The third-order valence-corrected chi connectivity index (χ3v) is 3.65. The van der Waals surface area contributed by atoms with E-state index in [1.807, 2.05) is 28.8 Å². The normalized spacial score (nSPS) is 10.5. The molecule has 124 valence electrons. The Balaban J connectivity index is 1.61. The fraction of sp³-hybridized carbons (Fsp3) is 0.467. The molecule has 0 aliphatic rings. The van der Waals surface area contributed by atoms with Gasteiger partial charge in [-0.25, -0.2) is 0 Å². The summed E-state index contributed by atoms with van der Waals surface area (Å²) >= 11 is 5.23. The monoisotopic (exact) mass is 335 g/mol. The standard InChI is InChI=1S/C15H21N5O2S/c1-22-14(21)8-3-2-5-9-16-15(23)17-11-13-19-18-12-7-4-6-10-20(12)13/h4,6-7,10H,2-3,5,8-9,11H2,1H3,(H2,16,17,23). The second kappa shape index (κ2) is 9.04. The van der Waals surface area contributed by atoms with Crippen LogP contribution in [-0.4, -0.2) is 39.3 Å². The zero-order valence-electron chi connectivity index (χ0n) is 13.1. The van der Waals surface area contributed by atoms with Gasteiger partial charge in [0.25, 0.3) is 0 Å². The SMILES string of the molecule is COC(=O)CCCCCNC(=S)NCc1nnc2ccccn12. The van der Waals surface area contributed by atoms with Gasteiger partial charge in [0.1, 0.15) is 0 Å². The molecule has 0 saturated heterocycles. The summed E-state index contributed by atoms with van der Waals surface area (Å²) < 4.78 is 6.51. The zero-order chi connectivity index (χ0) is 16.5. The van der Waals surface area contributed by atoms with Gasteiger partial charge in [-0.1, -0.05) is 12.5 Å². The average Bonchev–Trinajstić information content (AvgIpc) is 2.99. The number of carbonyl (C=O) groups is 1. The number of methoxy groups -OCH3 is 1. The lowest BCUT2D eigenvalue weighted by atomic mass is 10.2. The second-order valence-corrected chi connectivity index (χ2v) is 5.45. The van der Waals surface area contributed by atoms with E-state index in [1.54, 1.807) is 0 Å². The Hall–Kier alpha value is -2.22. The molecule has 7 nitrogen and oxygen atoms in total. The number of aromatic nitrogens is 3. The lowest BCUT2D eigenvalue weighted by Gasteiger charge is -2.09. The molecule has 0 saturated carbocycles. The van der Waals surface area contributed by atoms with Crippen molar-refractivity contribution < 1.29 is 9.53 Å². The number of nitrogens with zero attached hydrogens (tertiary/aromatic N) is 3. The smallest absolute Gasteiger partial charge is 0.305 e. The predicted octanol–water partition coefficient (Wildman–Crippen LogP) is 1.43. The summed E-state index contributed by atoms with van der Waals surface area (Å²) in [6.07, 6.45) is 5.13. The minimum atomic E-state index is -0.157. The molecule has 0 aliphatic heterocycles. The van der Waals surface area contributed by atoms with Crippen molar-refractivity contribution in [3.63, 3.8) is 0 Å². The lowest BCUT2D eigenvalue weighted by molar-refractivity contribution is -0.140. The molecule has 0 aromatic carbocycles. The van der Waals surface area contributed by atoms with Crippen LogP contribution in [-0.2, 0) is 16.1 Å². The number of hydrogen-bond donors (Lipinski definition) is 2. The number of pyridine rings is 1. The van der Waals surface area contributed by atoms with Crippen LogP contribution in [0.2, 0.25) is 0 Å². The first-order valence-corrected chi connectivity index (χ1v) is 7.98. The molecule has 8 heteroatoms. The van der Waals surface area contributed by atoms with Crippen LogP contribution in [0.25, 0.3) is 5.65 Å². The van der Waals surface area contributed by atoms with E-state index in [9.17, 15) is 4.79 Å². The largest absolute Gasteiger partial charge is 0.469 e. The Morgan fingerprint density at radius 2 is 2.13 bits per heavy atom. The highest BCUT2D eigenvalue weighted by Gasteiger charge is 2.05. The van der Waals surface area contributed by atoms with Crippen molar-refractivity contribution in [3.05, 3.63) is 30.2 Å². The van der Waals surface area contributed by atoms with E-state index in [-0.39, 0.29) is 5.97 Å². The van der Waals surface area contributed by atoms with Crippen molar-refractivity contribution in [2.24, 2.45) is 0 Å². The number of fused-ring (bicyclic) bond motifs is 1. The Bertz CT molecular complexity index is 658. The number of hydrogen-bond acceptors (Lipinski definition) is 5. The molecule has 2 aromatic heterocycles. The van der Waals surface area contributed by atoms with Crippen LogP contribution >= 0.6 is 12.2 Å². The Morgan fingerprint density at radius 1 is 1.26 bits per heavy atom. The number of ether oxygens (including phenoxy) is 1. The van der Waals surface area contributed by atoms with E-state index >= 15 is 0 Å². The summed E-state index contributed by atoms with van der Waals surface area (Å²) in [6.45, 7) is 1.28.